The fourth-order valence-electron chi connectivity index (χ4n) is 3.74. The van der Waals surface area contributed by atoms with E-state index in [4.69, 9.17) is 4.74 Å². The van der Waals surface area contributed by atoms with Crippen molar-refractivity contribution in [3.63, 3.8) is 0 Å². The predicted octanol–water partition coefficient (Wildman–Crippen LogP) is 4.42. The minimum absolute atomic E-state index is 0.0522. The normalized spacial score (nSPS) is 14.1. The van der Waals surface area contributed by atoms with Gasteiger partial charge in [0.25, 0.3) is 5.56 Å². The number of pyridine rings is 1. The van der Waals surface area contributed by atoms with Crippen LogP contribution in [0, 0.1) is 24.5 Å². The number of ether oxygens (including phenoxy) is 1. The molecule has 4 rings (SSSR count). The summed E-state index contributed by atoms with van der Waals surface area (Å²) in [6, 6.07) is 4.53. The Morgan fingerprint density at radius 2 is 1.94 bits per heavy atom. The van der Waals surface area contributed by atoms with Crippen LogP contribution in [0.4, 0.5) is 8.78 Å². The van der Waals surface area contributed by atoms with Gasteiger partial charge in [0.2, 0.25) is 0 Å². The maximum absolute atomic E-state index is 14.3. The van der Waals surface area contributed by atoms with Crippen molar-refractivity contribution in [3.8, 4) is 22.8 Å². The highest BCUT2D eigenvalue weighted by atomic mass is 32.2. The van der Waals surface area contributed by atoms with Gasteiger partial charge in [-0.2, -0.15) is 0 Å². The fourth-order valence-corrected chi connectivity index (χ4v) is 4.47. The number of aryl methyl sites for hydroxylation is 1. The SMILES string of the molecule is CCS(=O)(=O)Cc1ncc(Oc2ccc(F)cc2F)c(-c2cc(C)c(=O)n(CC3CCC3)c2)n1. The molecule has 1 fully saturated rings. The summed E-state index contributed by atoms with van der Waals surface area (Å²) in [5.41, 5.74) is 1.08. The summed E-state index contributed by atoms with van der Waals surface area (Å²) in [6.45, 7) is 3.79. The summed E-state index contributed by atoms with van der Waals surface area (Å²) in [7, 11) is -3.41. The minimum Gasteiger partial charge on any atom is -0.450 e. The van der Waals surface area contributed by atoms with Crippen LogP contribution in [0.2, 0.25) is 0 Å². The first kappa shape index (κ1) is 24.0. The van der Waals surface area contributed by atoms with E-state index in [9.17, 15) is 22.0 Å². The van der Waals surface area contributed by atoms with Gasteiger partial charge in [0, 0.05) is 35.7 Å². The first-order valence-corrected chi connectivity index (χ1v) is 12.9. The zero-order valence-electron chi connectivity index (χ0n) is 18.9. The van der Waals surface area contributed by atoms with Crippen LogP contribution in [0.25, 0.3) is 11.3 Å². The smallest absolute Gasteiger partial charge is 0.253 e. The van der Waals surface area contributed by atoms with Gasteiger partial charge in [-0.05, 0) is 43.9 Å². The van der Waals surface area contributed by atoms with Crippen molar-refractivity contribution in [2.24, 2.45) is 5.92 Å². The number of nitrogens with zero attached hydrogens (tertiary/aromatic N) is 3. The molecule has 1 aliphatic carbocycles. The fraction of sp³-hybridized carbons (Fsp3) is 0.375. The lowest BCUT2D eigenvalue weighted by molar-refractivity contribution is 0.273. The van der Waals surface area contributed by atoms with E-state index in [0.29, 0.717) is 29.7 Å². The Hall–Kier alpha value is -3.14. The Morgan fingerprint density at radius 3 is 2.59 bits per heavy atom. The van der Waals surface area contributed by atoms with Gasteiger partial charge in [0.05, 0.1) is 6.20 Å². The van der Waals surface area contributed by atoms with Crippen molar-refractivity contribution >= 4 is 9.84 Å². The number of sulfone groups is 1. The molecule has 0 amide bonds. The number of hydrogen-bond donors (Lipinski definition) is 0. The highest BCUT2D eigenvalue weighted by Crippen LogP contribution is 2.34. The van der Waals surface area contributed by atoms with E-state index in [2.05, 4.69) is 9.97 Å². The predicted molar refractivity (Wildman–Crippen MR) is 123 cm³/mol. The number of hydrogen-bond acceptors (Lipinski definition) is 6. The Bertz CT molecular complexity index is 1390. The molecule has 0 spiro atoms. The topological polar surface area (TPSA) is 91.2 Å². The van der Waals surface area contributed by atoms with Crippen LogP contribution in [-0.2, 0) is 22.1 Å². The summed E-state index contributed by atoms with van der Waals surface area (Å²) in [5.74, 6) is -1.81. The molecule has 7 nitrogen and oxygen atoms in total. The lowest BCUT2D eigenvalue weighted by Gasteiger charge is -2.26. The number of aromatic nitrogens is 3. The van der Waals surface area contributed by atoms with Crippen molar-refractivity contribution in [1.82, 2.24) is 14.5 Å². The van der Waals surface area contributed by atoms with Gasteiger partial charge in [0.1, 0.15) is 23.1 Å². The molecule has 0 atom stereocenters. The Labute approximate surface area is 196 Å². The van der Waals surface area contributed by atoms with E-state index in [1.807, 2.05) is 0 Å². The Balaban J connectivity index is 1.81. The molecule has 2 aromatic heterocycles. The molecule has 0 bridgehead atoms. The summed E-state index contributed by atoms with van der Waals surface area (Å²) >= 11 is 0. The van der Waals surface area contributed by atoms with Crippen LogP contribution >= 0.6 is 0 Å². The van der Waals surface area contributed by atoms with Gasteiger partial charge in [-0.15, -0.1) is 0 Å². The lowest BCUT2D eigenvalue weighted by atomic mass is 9.85. The van der Waals surface area contributed by atoms with E-state index in [0.717, 1.165) is 31.4 Å². The van der Waals surface area contributed by atoms with Gasteiger partial charge in [0.15, 0.2) is 27.2 Å². The Kier molecular flexibility index (Phi) is 6.79. The molecule has 0 radical (unpaired) electrons. The molecule has 10 heteroatoms. The molecule has 0 N–H and O–H groups in total. The first-order chi connectivity index (χ1) is 16.1. The van der Waals surface area contributed by atoms with E-state index >= 15 is 0 Å². The van der Waals surface area contributed by atoms with Gasteiger partial charge >= 0.3 is 0 Å². The minimum atomic E-state index is -3.41. The third kappa shape index (κ3) is 5.32. The molecule has 3 aromatic rings. The van der Waals surface area contributed by atoms with Crippen molar-refractivity contribution in [3.05, 3.63) is 70.0 Å². The van der Waals surface area contributed by atoms with Crippen molar-refractivity contribution in [1.29, 1.82) is 0 Å². The molecule has 1 aliphatic rings. The first-order valence-electron chi connectivity index (χ1n) is 11.1. The summed E-state index contributed by atoms with van der Waals surface area (Å²) in [6.07, 6.45) is 6.17. The highest BCUT2D eigenvalue weighted by Gasteiger charge is 2.21. The van der Waals surface area contributed by atoms with Crippen LogP contribution in [0.5, 0.6) is 11.5 Å². The molecule has 0 saturated heterocycles. The second-order valence-electron chi connectivity index (χ2n) is 8.52. The van der Waals surface area contributed by atoms with E-state index in [1.54, 1.807) is 23.8 Å². The highest BCUT2D eigenvalue weighted by molar-refractivity contribution is 7.90. The monoisotopic (exact) mass is 489 g/mol. The molecular weight excluding hydrogens is 464 g/mol. The molecule has 1 saturated carbocycles. The van der Waals surface area contributed by atoms with E-state index in [1.165, 1.54) is 13.1 Å². The van der Waals surface area contributed by atoms with Crippen molar-refractivity contribution in [2.75, 3.05) is 5.75 Å². The van der Waals surface area contributed by atoms with Gasteiger partial charge in [-0.25, -0.2) is 27.2 Å². The van der Waals surface area contributed by atoms with Crippen LogP contribution < -0.4 is 10.3 Å². The number of benzene rings is 1. The van der Waals surface area contributed by atoms with Crippen LogP contribution in [0.1, 0.15) is 37.6 Å². The summed E-state index contributed by atoms with van der Waals surface area (Å²) < 4.78 is 59.2. The standard InChI is InChI=1S/C24H25F2N3O4S/c1-3-34(31,32)14-22-27-11-21(33-20-8-7-18(25)10-19(20)26)23(28-22)17-9-15(2)24(30)29(13-17)12-16-5-4-6-16/h7-11,13,16H,3-6,12,14H2,1-2H3. The van der Waals surface area contributed by atoms with Crippen molar-refractivity contribution in [2.45, 2.75) is 45.4 Å². The average Bonchev–Trinajstić information content (AvgIpc) is 2.76. The quantitative estimate of drug-likeness (QED) is 0.465. The number of rotatable bonds is 8. The number of halogens is 2. The third-order valence-corrected chi connectivity index (χ3v) is 7.50. The summed E-state index contributed by atoms with van der Waals surface area (Å²) in [4.78, 5) is 21.2. The maximum Gasteiger partial charge on any atom is 0.253 e. The van der Waals surface area contributed by atoms with E-state index < -0.39 is 21.5 Å². The lowest BCUT2D eigenvalue weighted by Crippen LogP contribution is -2.28. The third-order valence-electron chi connectivity index (χ3n) is 5.93. The molecule has 34 heavy (non-hydrogen) atoms. The second kappa shape index (κ2) is 9.61. The molecule has 180 valence electrons. The van der Waals surface area contributed by atoms with Gasteiger partial charge < -0.3 is 9.30 Å². The van der Waals surface area contributed by atoms with Crippen molar-refractivity contribution < 1.29 is 21.9 Å². The molecule has 0 aliphatic heterocycles. The van der Waals surface area contributed by atoms with Gasteiger partial charge in [-0.1, -0.05) is 13.3 Å². The van der Waals surface area contributed by atoms with E-state index in [-0.39, 0.29) is 40.1 Å². The zero-order chi connectivity index (χ0) is 24.5. The summed E-state index contributed by atoms with van der Waals surface area (Å²) in [5, 5.41) is 0. The molecular formula is C24H25F2N3O4S. The van der Waals surface area contributed by atoms with Crippen LogP contribution in [-0.4, -0.2) is 28.7 Å². The molecule has 1 aromatic carbocycles. The zero-order valence-corrected chi connectivity index (χ0v) is 19.7. The maximum atomic E-state index is 14.3. The second-order valence-corrected chi connectivity index (χ2v) is 10.9. The molecule has 2 heterocycles. The Morgan fingerprint density at radius 1 is 1.18 bits per heavy atom. The van der Waals surface area contributed by atoms with Crippen LogP contribution in [0.15, 0.2) is 41.5 Å². The van der Waals surface area contributed by atoms with Gasteiger partial charge in [-0.3, -0.25) is 4.79 Å². The van der Waals surface area contributed by atoms with Crippen LogP contribution in [0.3, 0.4) is 0 Å². The largest absolute Gasteiger partial charge is 0.450 e. The average molecular weight is 490 g/mol. The molecule has 0 unspecified atom stereocenters.